The number of likely N-dealkylation sites (N-methyl/N-ethyl adjacent to an activating group) is 1. The number of hydrogen-bond donors (Lipinski definition) is 1. The molecule has 1 amide bonds. The normalized spacial score (nSPS) is 15.3. The van der Waals surface area contributed by atoms with Crippen LogP contribution in [0, 0.1) is 5.82 Å². The predicted molar refractivity (Wildman–Crippen MR) is 89.7 cm³/mol. The number of anilines is 2. The highest BCUT2D eigenvalue weighted by molar-refractivity contribution is 5.92. The number of nitrogens with one attached hydrogen (secondary N) is 1. The van der Waals surface area contributed by atoms with E-state index in [0.717, 1.165) is 19.6 Å². The van der Waals surface area contributed by atoms with E-state index < -0.39 is 0 Å². The first-order chi connectivity index (χ1) is 11.7. The van der Waals surface area contributed by atoms with E-state index in [1.807, 2.05) is 0 Å². The Morgan fingerprint density at radius 2 is 1.88 bits per heavy atom. The molecular formula is C17H20FN5O. The van der Waals surface area contributed by atoms with Crippen LogP contribution in [0.3, 0.4) is 0 Å². The summed E-state index contributed by atoms with van der Waals surface area (Å²) in [6.07, 6.45) is 0. The smallest absolute Gasteiger partial charge is 0.274 e. The quantitative estimate of drug-likeness (QED) is 0.931. The summed E-state index contributed by atoms with van der Waals surface area (Å²) >= 11 is 0. The fraction of sp³-hybridized carbons (Fsp3) is 0.353. The maximum atomic E-state index is 13.6. The minimum absolute atomic E-state index is 0.115. The van der Waals surface area contributed by atoms with Gasteiger partial charge in [-0.2, -0.15) is 0 Å². The van der Waals surface area contributed by atoms with Crippen LogP contribution in [0.25, 0.3) is 0 Å². The van der Waals surface area contributed by atoms with Gasteiger partial charge in [-0.15, -0.1) is 10.2 Å². The number of piperazine rings is 1. The second-order valence-corrected chi connectivity index (χ2v) is 5.64. The standard InChI is InChI=1S/C17H20FN5O/c1-2-22-9-11-23(12-10-22)17(24)15-7-8-16(21-20-15)19-14-6-4-3-5-13(14)18/h3-8H,2,9-12H2,1H3,(H,19,21). The molecule has 0 atom stereocenters. The van der Waals surface area contributed by atoms with Crippen LogP contribution >= 0.6 is 0 Å². The lowest BCUT2D eigenvalue weighted by molar-refractivity contribution is 0.0636. The molecule has 0 unspecified atom stereocenters. The van der Waals surface area contributed by atoms with E-state index in [4.69, 9.17) is 0 Å². The van der Waals surface area contributed by atoms with Crippen molar-refractivity contribution in [3.63, 3.8) is 0 Å². The van der Waals surface area contributed by atoms with Crippen molar-refractivity contribution in [1.82, 2.24) is 20.0 Å². The molecule has 1 aliphatic rings. The van der Waals surface area contributed by atoms with E-state index in [1.165, 1.54) is 6.07 Å². The van der Waals surface area contributed by atoms with Crippen LogP contribution in [0.4, 0.5) is 15.9 Å². The highest BCUT2D eigenvalue weighted by Gasteiger charge is 2.22. The van der Waals surface area contributed by atoms with Crippen LogP contribution in [0.2, 0.25) is 0 Å². The summed E-state index contributed by atoms with van der Waals surface area (Å²) in [5, 5.41) is 10.8. The Morgan fingerprint density at radius 1 is 1.12 bits per heavy atom. The van der Waals surface area contributed by atoms with Gasteiger partial charge in [0.05, 0.1) is 5.69 Å². The van der Waals surface area contributed by atoms with Crippen molar-refractivity contribution < 1.29 is 9.18 Å². The maximum absolute atomic E-state index is 13.6. The molecule has 2 heterocycles. The number of aromatic nitrogens is 2. The fourth-order valence-electron chi connectivity index (χ4n) is 2.64. The lowest BCUT2D eigenvalue weighted by Gasteiger charge is -2.33. The van der Waals surface area contributed by atoms with Crippen molar-refractivity contribution in [3.8, 4) is 0 Å². The van der Waals surface area contributed by atoms with Crippen molar-refractivity contribution in [1.29, 1.82) is 0 Å². The summed E-state index contributed by atoms with van der Waals surface area (Å²) in [4.78, 5) is 16.5. The molecule has 0 saturated carbocycles. The summed E-state index contributed by atoms with van der Waals surface area (Å²) in [6, 6.07) is 9.57. The van der Waals surface area contributed by atoms with E-state index in [-0.39, 0.29) is 11.7 Å². The van der Waals surface area contributed by atoms with Gasteiger partial charge in [0.1, 0.15) is 5.82 Å². The van der Waals surface area contributed by atoms with Gasteiger partial charge in [0.25, 0.3) is 5.91 Å². The van der Waals surface area contributed by atoms with Crippen molar-refractivity contribution in [2.24, 2.45) is 0 Å². The molecule has 0 radical (unpaired) electrons. The van der Waals surface area contributed by atoms with Crippen LogP contribution < -0.4 is 5.32 Å². The number of rotatable bonds is 4. The number of benzene rings is 1. The molecule has 3 rings (SSSR count). The van der Waals surface area contributed by atoms with E-state index in [0.29, 0.717) is 30.3 Å². The number of carbonyl (C=O) groups is 1. The molecule has 6 nitrogen and oxygen atoms in total. The van der Waals surface area contributed by atoms with E-state index in [1.54, 1.807) is 35.2 Å². The molecule has 126 valence electrons. The third-order valence-corrected chi connectivity index (χ3v) is 4.13. The Labute approximate surface area is 140 Å². The molecule has 7 heteroatoms. The zero-order chi connectivity index (χ0) is 16.9. The Morgan fingerprint density at radius 3 is 2.50 bits per heavy atom. The lowest BCUT2D eigenvalue weighted by Crippen LogP contribution is -2.48. The zero-order valence-electron chi connectivity index (χ0n) is 13.6. The number of amides is 1. The van der Waals surface area contributed by atoms with E-state index in [2.05, 4.69) is 27.3 Å². The fourth-order valence-corrected chi connectivity index (χ4v) is 2.64. The molecule has 1 saturated heterocycles. The summed E-state index contributed by atoms with van der Waals surface area (Å²) in [7, 11) is 0. The molecule has 2 aromatic rings. The first-order valence-electron chi connectivity index (χ1n) is 8.04. The SMILES string of the molecule is CCN1CCN(C(=O)c2ccc(Nc3ccccc3F)nn2)CC1. The summed E-state index contributed by atoms with van der Waals surface area (Å²) in [5.41, 5.74) is 0.626. The van der Waals surface area contributed by atoms with E-state index >= 15 is 0 Å². The van der Waals surface area contributed by atoms with Gasteiger partial charge in [-0.25, -0.2) is 4.39 Å². The summed E-state index contributed by atoms with van der Waals surface area (Å²) in [6.45, 7) is 6.26. The number of para-hydroxylation sites is 1. The lowest BCUT2D eigenvalue weighted by atomic mass is 10.2. The van der Waals surface area contributed by atoms with Gasteiger partial charge in [0.2, 0.25) is 0 Å². The molecule has 1 aliphatic heterocycles. The monoisotopic (exact) mass is 329 g/mol. The Kier molecular flexibility index (Phi) is 5.00. The Balaban J connectivity index is 1.64. The number of hydrogen-bond acceptors (Lipinski definition) is 5. The molecule has 0 spiro atoms. The van der Waals surface area contributed by atoms with Gasteiger partial charge < -0.3 is 15.1 Å². The number of halogens is 1. The number of nitrogens with zero attached hydrogens (tertiary/aromatic N) is 4. The molecule has 0 aliphatic carbocycles. The first kappa shape index (κ1) is 16.3. The Bertz CT molecular complexity index is 698. The van der Waals surface area contributed by atoms with Crippen LogP contribution in [0.1, 0.15) is 17.4 Å². The van der Waals surface area contributed by atoms with Gasteiger partial charge in [-0.1, -0.05) is 19.1 Å². The van der Waals surface area contributed by atoms with Crippen LogP contribution in [0.5, 0.6) is 0 Å². The molecule has 1 aromatic carbocycles. The topological polar surface area (TPSA) is 61.4 Å². The van der Waals surface area contributed by atoms with Gasteiger partial charge in [0, 0.05) is 26.2 Å². The largest absolute Gasteiger partial charge is 0.336 e. The second kappa shape index (κ2) is 7.35. The van der Waals surface area contributed by atoms with Crippen LogP contribution in [-0.4, -0.2) is 58.6 Å². The first-order valence-corrected chi connectivity index (χ1v) is 8.04. The molecule has 1 N–H and O–H groups in total. The van der Waals surface area contributed by atoms with Crippen molar-refractivity contribution in [3.05, 3.63) is 47.9 Å². The summed E-state index contributed by atoms with van der Waals surface area (Å²) < 4.78 is 13.6. The highest BCUT2D eigenvalue weighted by atomic mass is 19.1. The zero-order valence-corrected chi connectivity index (χ0v) is 13.6. The van der Waals surface area contributed by atoms with Crippen molar-refractivity contribution in [2.45, 2.75) is 6.92 Å². The molecule has 1 fully saturated rings. The van der Waals surface area contributed by atoms with Gasteiger partial charge >= 0.3 is 0 Å². The summed E-state index contributed by atoms with van der Waals surface area (Å²) in [5.74, 6) is -0.0867. The molecule has 24 heavy (non-hydrogen) atoms. The third kappa shape index (κ3) is 3.68. The van der Waals surface area contributed by atoms with Gasteiger partial charge in [-0.3, -0.25) is 4.79 Å². The maximum Gasteiger partial charge on any atom is 0.274 e. The molecular weight excluding hydrogens is 309 g/mol. The van der Waals surface area contributed by atoms with E-state index in [9.17, 15) is 9.18 Å². The third-order valence-electron chi connectivity index (χ3n) is 4.13. The molecule has 0 bridgehead atoms. The Hall–Kier alpha value is -2.54. The van der Waals surface area contributed by atoms with Gasteiger partial charge in [0.15, 0.2) is 11.5 Å². The minimum Gasteiger partial charge on any atom is -0.336 e. The highest BCUT2D eigenvalue weighted by Crippen LogP contribution is 2.17. The van der Waals surface area contributed by atoms with Gasteiger partial charge in [-0.05, 0) is 30.8 Å². The van der Waals surface area contributed by atoms with Crippen LogP contribution in [-0.2, 0) is 0 Å². The predicted octanol–water partition coefficient (Wildman–Crippen LogP) is 2.14. The van der Waals surface area contributed by atoms with Crippen molar-refractivity contribution >= 4 is 17.4 Å². The second-order valence-electron chi connectivity index (χ2n) is 5.64. The molecule has 1 aromatic heterocycles. The van der Waals surface area contributed by atoms with Crippen LogP contribution in [0.15, 0.2) is 36.4 Å². The number of carbonyl (C=O) groups excluding carboxylic acids is 1. The average Bonchev–Trinajstić information content (AvgIpc) is 2.64. The minimum atomic E-state index is -0.367. The van der Waals surface area contributed by atoms with Crippen molar-refractivity contribution in [2.75, 3.05) is 38.0 Å². The average molecular weight is 329 g/mol.